The molecule has 2 heterocycles. The smallest absolute Gasteiger partial charge is 0.245 e. The highest BCUT2D eigenvalue weighted by Gasteiger charge is 2.20. The van der Waals surface area contributed by atoms with E-state index in [0.717, 1.165) is 41.4 Å². The molecule has 0 saturated carbocycles. The number of rotatable bonds is 2. The van der Waals surface area contributed by atoms with Crippen LogP contribution < -0.4 is 10.2 Å². The molecule has 1 aromatic heterocycles. The van der Waals surface area contributed by atoms with Gasteiger partial charge in [-0.15, -0.1) is 5.10 Å². The number of aryl methyl sites for hydroxylation is 1. The Kier molecular flexibility index (Phi) is 3.76. The zero-order valence-electron chi connectivity index (χ0n) is 11.7. The molecule has 0 aliphatic carbocycles. The van der Waals surface area contributed by atoms with Crippen LogP contribution in [0.5, 0.6) is 0 Å². The molecule has 6 heteroatoms. The van der Waals surface area contributed by atoms with Crippen molar-refractivity contribution in [2.75, 3.05) is 24.5 Å². The molecule has 1 fully saturated rings. The van der Waals surface area contributed by atoms with Crippen LogP contribution in [0.3, 0.4) is 0 Å². The van der Waals surface area contributed by atoms with Gasteiger partial charge in [0.1, 0.15) is 0 Å². The molecule has 20 heavy (non-hydrogen) atoms. The van der Waals surface area contributed by atoms with Gasteiger partial charge in [-0.3, -0.25) is 5.10 Å². The predicted molar refractivity (Wildman–Crippen MR) is 83.9 cm³/mol. The summed E-state index contributed by atoms with van der Waals surface area (Å²) < 4.78 is 1.04. The summed E-state index contributed by atoms with van der Waals surface area (Å²) in [5.74, 6) is 1.58. The summed E-state index contributed by atoms with van der Waals surface area (Å²) in [6.45, 7) is 7.10. The number of halogens is 1. The molecule has 106 valence electrons. The number of nitrogens with zero attached hydrogens (tertiary/aromatic N) is 3. The molecule has 1 aromatic carbocycles. The third-order valence-electron chi connectivity index (χ3n) is 3.50. The number of aromatic nitrogens is 3. The Morgan fingerprint density at radius 1 is 1.40 bits per heavy atom. The van der Waals surface area contributed by atoms with Gasteiger partial charge in [0.2, 0.25) is 5.95 Å². The maximum atomic E-state index is 4.63. The number of anilines is 1. The standard InChI is InChI=1S/C14H18BrN5/c1-9-3-4-11(12(15)7-9)13-17-14(19-18-13)20-6-5-16-10(2)8-20/h3-4,7,10,16H,5-6,8H2,1-2H3,(H,17,18,19). The van der Waals surface area contributed by atoms with Gasteiger partial charge in [-0.1, -0.05) is 22.0 Å². The van der Waals surface area contributed by atoms with E-state index in [1.54, 1.807) is 0 Å². The highest BCUT2D eigenvalue weighted by atomic mass is 79.9. The first-order chi connectivity index (χ1) is 9.63. The fraction of sp³-hybridized carbons (Fsp3) is 0.429. The minimum atomic E-state index is 0.469. The molecule has 1 saturated heterocycles. The SMILES string of the molecule is Cc1ccc(-c2nc(N3CCNC(C)C3)n[nH]2)c(Br)c1. The first-order valence-electron chi connectivity index (χ1n) is 6.81. The van der Waals surface area contributed by atoms with Crippen molar-refractivity contribution < 1.29 is 0 Å². The van der Waals surface area contributed by atoms with Crippen molar-refractivity contribution in [2.45, 2.75) is 19.9 Å². The summed E-state index contributed by atoms with van der Waals surface area (Å²) in [6.07, 6.45) is 0. The number of piperazine rings is 1. The first-order valence-corrected chi connectivity index (χ1v) is 7.60. The molecular formula is C14H18BrN5. The van der Waals surface area contributed by atoms with E-state index in [1.165, 1.54) is 5.56 Å². The number of H-pyrrole nitrogens is 1. The summed E-state index contributed by atoms with van der Waals surface area (Å²) in [6, 6.07) is 6.70. The van der Waals surface area contributed by atoms with Crippen LogP contribution in [0.2, 0.25) is 0 Å². The van der Waals surface area contributed by atoms with E-state index in [1.807, 2.05) is 0 Å². The maximum Gasteiger partial charge on any atom is 0.245 e. The van der Waals surface area contributed by atoms with Crippen molar-refractivity contribution in [3.63, 3.8) is 0 Å². The van der Waals surface area contributed by atoms with Gasteiger partial charge in [-0.2, -0.15) is 4.98 Å². The van der Waals surface area contributed by atoms with Crippen LogP contribution in [0, 0.1) is 6.92 Å². The third-order valence-corrected chi connectivity index (χ3v) is 4.16. The number of aromatic amines is 1. The molecule has 0 radical (unpaired) electrons. The van der Waals surface area contributed by atoms with Crippen molar-refractivity contribution in [3.8, 4) is 11.4 Å². The lowest BCUT2D eigenvalue weighted by molar-refractivity contribution is 0.480. The van der Waals surface area contributed by atoms with Crippen LogP contribution in [0.15, 0.2) is 22.7 Å². The zero-order valence-corrected chi connectivity index (χ0v) is 13.2. The van der Waals surface area contributed by atoms with Crippen LogP contribution in [0.4, 0.5) is 5.95 Å². The molecule has 1 atom stereocenters. The van der Waals surface area contributed by atoms with Gasteiger partial charge in [0.05, 0.1) is 0 Å². The second kappa shape index (κ2) is 5.54. The van der Waals surface area contributed by atoms with Crippen LogP contribution >= 0.6 is 15.9 Å². The van der Waals surface area contributed by atoms with E-state index >= 15 is 0 Å². The van der Waals surface area contributed by atoms with E-state index in [-0.39, 0.29) is 0 Å². The minimum Gasteiger partial charge on any atom is -0.337 e. The second-order valence-electron chi connectivity index (χ2n) is 5.27. The Morgan fingerprint density at radius 2 is 2.25 bits per heavy atom. The van der Waals surface area contributed by atoms with E-state index in [4.69, 9.17) is 0 Å². The second-order valence-corrected chi connectivity index (χ2v) is 6.12. The molecular weight excluding hydrogens is 318 g/mol. The van der Waals surface area contributed by atoms with Crippen LogP contribution in [0.1, 0.15) is 12.5 Å². The quantitative estimate of drug-likeness (QED) is 0.884. The predicted octanol–water partition coefficient (Wildman–Crippen LogP) is 2.34. The third kappa shape index (κ3) is 2.71. The zero-order chi connectivity index (χ0) is 14.1. The van der Waals surface area contributed by atoms with Gasteiger partial charge in [-0.05, 0) is 31.5 Å². The van der Waals surface area contributed by atoms with Crippen molar-refractivity contribution in [1.82, 2.24) is 20.5 Å². The summed E-state index contributed by atoms with van der Waals surface area (Å²) in [4.78, 5) is 6.84. The lowest BCUT2D eigenvalue weighted by Gasteiger charge is -2.30. The summed E-state index contributed by atoms with van der Waals surface area (Å²) in [5, 5.41) is 10.8. The largest absolute Gasteiger partial charge is 0.337 e. The van der Waals surface area contributed by atoms with Gasteiger partial charge < -0.3 is 10.2 Å². The van der Waals surface area contributed by atoms with E-state index in [0.29, 0.717) is 6.04 Å². The monoisotopic (exact) mass is 335 g/mol. The number of benzene rings is 1. The lowest BCUT2D eigenvalue weighted by Crippen LogP contribution is -2.49. The van der Waals surface area contributed by atoms with Gasteiger partial charge in [0.25, 0.3) is 0 Å². The Balaban J connectivity index is 1.86. The van der Waals surface area contributed by atoms with Crippen LogP contribution in [0.25, 0.3) is 11.4 Å². The Morgan fingerprint density at radius 3 is 3.00 bits per heavy atom. The van der Waals surface area contributed by atoms with Crippen molar-refractivity contribution >= 4 is 21.9 Å². The fourth-order valence-corrected chi connectivity index (χ4v) is 3.12. The average molecular weight is 336 g/mol. The van der Waals surface area contributed by atoms with Crippen LogP contribution in [-0.4, -0.2) is 40.9 Å². The molecule has 3 rings (SSSR count). The molecule has 0 amide bonds. The van der Waals surface area contributed by atoms with Crippen molar-refractivity contribution in [2.24, 2.45) is 0 Å². The first kappa shape index (κ1) is 13.6. The van der Waals surface area contributed by atoms with Crippen molar-refractivity contribution in [1.29, 1.82) is 0 Å². The van der Waals surface area contributed by atoms with E-state index < -0.39 is 0 Å². The molecule has 1 aliphatic rings. The molecule has 2 N–H and O–H groups in total. The summed E-state index contributed by atoms with van der Waals surface area (Å²) >= 11 is 3.59. The van der Waals surface area contributed by atoms with Crippen molar-refractivity contribution in [3.05, 3.63) is 28.2 Å². The van der Waals surface area contributed by atoms with E-state index in [9.17, 15) is 0 Å². The fourth-order valence-electron chi connectivity index (χ4n) is 2.44. The maximum absolute atomic E-state index is 4.63. The topological polar surface area (TPSA) is 56.8 Å². The molecule has 0 spiro atoms. The highest BCUT2D eigenvalue weighted by molar-refractivity contribution is 9.10. The summed E-state index contributed by atoms with van der Waals surface area (Å²) in [7, 11) is 0. The molecule has 0 bridgehead atoms. The van der Waals surface area contributed by atoms with E-state index in [2.05, 4.69) is 73.4 Å². The Hall–Kier alpha value is -1.40. The Labute approximate surface area is 126 Å². The normalized spacial score (nSPS) is 19.4. The van der Waals surface area contributed by atoms with Gasteiger partial charge in [-0.25, -0.2) is 0 Å². The summed E-state index contributed by atoms with van der Waals surface area (Å²) in [5.41, 5.74) is 2.26. The average Bonchev–Trinajstić information content (AvgIpc) is 2.88. The molecule has 1 unspecified atom stereocenters. The Bertz CT molecular complexity index is 609. The molecule has 2 aromatic rings. The van der Waals surface area contributed by atoms with Crippen LogP contribution in [-0.2, 0) is 0 Å². The number of nitrogens with one attached hydrogen (secondary N) is 2. The minimum absolute atomic E-state index is 0.469. The highest BCUT2D eigenvalue weighted by Crippen LogP contribution is 2.27. The lowest BCUT2D eigenvalue weighted by atomic mass is 10.1. The number of hydrogen-bond acceptors (Lipinski definition) is 4. The molecule has 5 nitrogen and oxygen atoms in total. The van der Waals surface area contributed by atoms with Gasteiger partial charge in [0.15, 0.2) is 5.82 Å². The van der Waals surface area contributed by atoms with Gasteiger partial charge in [0, 0.05) is 35.7 Å². The van der Waals surface area contributed by atoms with Gasteiger partial charge >= 0.3 is 0 Å². The number of hydrogen-bond donors (Lipinski definition) is 2. The molecule has 1 aliphatic heterocycles.